The van der Waals surface area contributed by atoms with E-state index in [4.69, 9.17) is 33.9 Å². The zero-order valence-corrected chi connectivity index (χ0v) is 24.5. The lowest BCUT2D eigenvalue weighted by Crippen LogP contribution is -2.44. The maximum atomic E-state index is 13.2. The number of hydrogen-bond donors (Lipinski definition) is 2. The van der Waals surface area contributed by atoms with Gasteiger partial charge in [0.05, 0.1) is 28.3 Å². The number of amides is 1. The van der Waals surface area contributed by atoms with Crippen molar-refractivity contribution in [3.8, 4) is 0 Å². The van der Waals surface area contributed by atoms with Gasteiger partial charge in [-0.2, -0.15) is 0 Å². The number of likely N-dealkylation sites (tertiary alicyclic amines) is 1. The summed E-state index contributed by atoms with van der Waals surface area (Å²) in [5.41, 5.74) is 11.8. The minimum Gasteiger partial charge on any atom is -0.381 e. The van der Waals surface area contributed by atoms with Gasteiger partial charge in [0, 0.05) is 56.9 Å². The van der Waals surface area contributed by atoms with Crippen molar-refractivity contribution >= 4 is 51.5 Å². The summed E-state index contributed by atoms with van der Waals surface area (Å²) in [7, 11) is 3.89. The molecule has 210 valence electrons. The molecule has 0 atom stereocenters. The largest absolute Gasteiger partial charge is 0.381 e. The number of hydrogen-bond acceptors (Lipinski definition) is 5. The molecule has 0 radical (unpaired) electrons. The number of fused-ring (bicyclic) bond motifs is 1. The Morgan fingerprint density at radius 2 is 1.75 bits per heavy atom. The van der Waals surface area contributed by atoms with Crippen molar-refractivity contribution in [1.82, 2.24) is 14.5 Å². The van der Waals surface area contributed by atoms with Crippen LogP contribution in [0.15, 0.2) is 60.7 Å². The third-order valence-electron chi connectivity index (χ3n) is 7.85. The van der Waals surface area contributed by atoms with Crippen LogP contribution in [0.5, 0.6) is 0 Å². The van der Waals surface area contributed by atoms with Crippen LogP contribution in [0.2, 0.25) is 10.0 Å². The van der Waals surface area contributed by atoms with Gasteiger partial charge in [-0.1, -0.05) is 47.5 Å². The highest BCUT2D eigenvalue weighted by atomic mass is 35.5. The molecule has 0 aliphatic carbocycles. The summed E-state index contributed by atoms with van der Waals surface area (Å²) < 4.78 is 2.14. The molecule has 1 aliphatic rings. The van der Waals surface area contributed by atoms with E-state index in [-0.39, 0.29) is 5.91 Å². The van der Waals surface area contributed by atoms with Gasteiger partial charge in [0.1, 0.15) is 5.82 Å². The van der Waals surface area contributed by atoms with Crippen LogP contribution in [-0.4, -0.2) is 53.1 Å². The van der Waals surface area contributed by atoms with Gasteiger partial charge < -0.3 is 20.5 Å². The van der Waals surface area contributed by atoms with Crippen molar-refractivity contribution in [3.63, 3.8) is 0 Å². The maximum absolute atomic E-state index is 13.2. The molecule has 1 saturated heterocycles. The van der Waals surface area contributed by atoms with E-state index in [1.807, 2.05) is 31.3 Å². The van der Waals surface area contributed by atoms with Gasteiger partial charge in [-0.05, 0) is 66.8 Å². The number of likely N-dealkylation sites (N-methyl/N-ethyl adjacent to an activating group) is 1. The molecular formula is C31H36Cl2N6O. The van der Waals surface area contributed by atoms with E-state index in [1.54, 1.807) is 11.0 Å². The van der Waals surface area contributed by atoms with Crippen LogP contribution >= 0.6 is 23.2 Å². The number of anilines is 2. The first-order chi connectivity index (χ1) is 19.3. The molecule has 4 aromatic rings. The number of piperidine rings is 1. The smallest absolute Gasteiger partial charge is 0.240 e. The third-order valence-corrected chi connectivity index (χ3v) is 8.40. The quantitative estimate of drug-likeness (QED) is 0.268. The highest BCUT2D eigenvalue weighted by Crippen LogP contribution is 2.28. The minimum absolute atomic E-state index is 0.0728. The summed E-state index contributed by atoms with van der Waals surface area (Å²) >= 11 is 12.3. The number of carbonyl (C=O) groups excluding carboxylic acids is 1. The summed E-state index contributed by atoms with van der Waals surface area (Å²) in [6.45, 7) is 2.64. The maximum Gasteiger partial charge on any atom is 0.240 e. The van der Waals surface area contributed by atoms with Crippen molar-refractivity contribution in [2.75, 3.05) is 36.9 Å². The van der Waals surface area contributed by atoms with Crippen LogP contribution in [0.4, 0.5) is 11.4 Å². The summed E-state index contributed by atoms with van der Waals surface area (Å²) in [5.74, 6) is 1.10. The molecule has 0 bridgehead atoms. The molecule has 3 aromatic carbocycles. The number of rotatable bonds is 9. The standard InChI is InChI=1S/C31H36Cl2N6O/c1-37(31(40)20-39-15-13-24(14-16-39)35-27-10-8-23(32)17-26(27)33)25-9-11-29-28(18-25)36-30(38(29)2)12-7-21-3-5-22(19-34)6-4-21/h3-6,8-11,17-18,24,35H,7,12-16,19-20,34H2,1-2H3. The summed E-state index contributed by atoms with van der Waals surface area (Å²) in [5, 5.41) is 4.77. The van der Waals surface area contributed by atoms with E-state index in [1.165, 1.54) is 5.56 Å². The second kappa shape index (κ2) is 12.6. The zero-order chi connectivity index (χ0) is 28.2. The number of nitrogens with one attached hydrogen (secondary N) is 1. The average Bonchev–Trinajstić information content (AvgIpc) is 3.28. The van der Waals surface area contributed by atoms with Gasteiger partial charge in [-0.3, -0.25) is 9.69 Å². The molecule has 1 aliphatic heterocycles. The number of halogens is 2. The van der Waals surface area contributed by atoms with Crippen molar-refractivity contribution in [1.29, 1.82) is 0 Å². The fourth-order valence-corrected chi connectivity index (χ4v) is 5.73. The Morgan fingerprint density at radius 1 is 1.02 bits per heavy atom. The minimum atomic E-state index is 0.0728. The topological polar surface area (TPSA) is 79.4 Å². The Balaban J connectivity index is 1.16. The molecule has 0 saturated carbocycles. The monoisotopic (exact) mass is 578 g/mol. The predicted octanol–water partition coefficient (Wildman–Crippen LogP) is 5.66. The van der Waals surface area contributed by atoms with Crippen LogP contribution in [0.1, 0.15) is 29.8 Å². The molecule has 3 N–H and O–H groups in total. The van der Waals surface area contributed by atoms with Crippen LogP contribution in [0.3, 0.4) is 0 Å². The van der Waals surface area contributed by atoms with Crippen molar-refractivity contribution in [2.24, 2.45) is 12.8 Å². The van der Waals surface area contributed by atoms with Crippen LogP contribution in [0, 0.1) is 0 Å². The molecule has 2 heterocycles. The Hall–Kier alpha value is -3.10. The van der Waals surface area contributed by atoms with E-state index in [9.17, 15) is 4.79 Å². The molecule has 9 heteroatoms. The van der Waals surface area contributed by atoms with Gasteiger partial charge in [0.2, 0.25) is 5.91 Å². The number of aryl methyl sites for hydroxylation is 3. The Morgan fingerprint density at radius 3 is 2.45 bits per heavy atom. The SMILES string of the molecule is CN(C(=O)CN1CCC(Nc2ccc(Cl)cc2Cl)CC1)c1ccc2c(c1)nc(CCc1ccc(CN)cc1)n2C. The molecule has 1 amide bonds. The van der Waals surface area contributed by atoms with Crippen LogP contribution < -0.4 is 16.0 Å². The molecule has 7 nitrogen and oxygen atoms in total. The number of carbonyl (C=O) groups is 1. The number of imidazole rings is 1. The summed E-state index contributed by atoms with van der Waals surface area (Å²) in [4.78, 5) is 22.0. The third kappa shape index (κ3) is 6.61. The first-order valence-corrected chi connectivity index (χ1v) is 14.5. The molecule has 1 fully saturated rings. The normalized spacial score (nSPS) is 14.5. The number of aromatic nitrogens is 2. The van der Waals surface area contributed by atoms with E-state index >= 15 is 0 Å². The fourth-order valence-electron chi connectivity index (χ4n) is 5.27. The molecule has 1 aromatic heterocycles. The molecular weight excluding hydrogens is 543 g/mol. The van der Waals surface area contributed by atoms with Gasteiger partial charge in [-0.15, -0.1) is 0 Å². The van der Waals surface area contributed by atoms with Gasteiger partial charge >= 0.3 is 0 Å². The number of nitrogens with two attached hydrogens (primary N) is 1. The Labute approximate surface area is 245 Å². The average molecular weight is 580 g/mol. The van der Waals surface area contributed by atoms with Crippen molar-refractivity contribution < 1.29 is 4.79 Å². The van der Waals surface area contributed by atoms with Crippen molar-refractivity contribution in [2.45, 2.75) is 38.3 Å². The first kappa shape index (κ1) is 28.4. The van der Waals surface area contributed by atoms with Gasteiger partial charge in [-0.25, -0.2) is 4.98 Å². The predicted molar refractivity (Wildman–Crippen MR) is 165 cm³/mol. The molecule has 40 heavy (non-hydrogen) atoms. The highest BCUT2D eigenvalue weighted by molar-refractivity contribution is 6.36. The molecule has 5 rings (SSSR count). The van der Waals surface area contributed by atoms with Gasteiger partial charge in [0.25, 0.3) is 0 Å². The fraction of sp³-hybridized carbons (Fsp3) is 0.355. The lowest BCUT2D eigenvalue weighted by Gasteiger charge is -2.33. The van der Waals surface area contributed by atoms with Crippen molar-refractivity contribution in [3.05, 3.63) is 87.7 Å². The first-order valence-electron chi connectivity index (χ1n) is 13.7. The Bertz CT molecular complexity index is 1480. The van der Waals surface area contributed by atoms with Gasteiger partial charge in [0.15, 0.2) is 0 Å². The number of nitrogens with zero attached hydrogens (tertiary/aromatic N) is 4. The molecule has 0 unspecified atom stereocenters. The summed E-state index contributed by atoms with van der Waals surface area (Å²) in [6, 6.07) is 20.3. The van der Waals surface area contributed by atoms with Crippen LogP contribution in [0.25, 0.3) is 11.0 Å². The lowest BCUT2D eigenvalue weighted by atomic mass is 10.0. The number of benzene rings is 3. The van der Waals surface area contributed by atoms with E-state index in [0.29, 0.717) is 29.2 Å². The molecule has 0 spiro atoms. The van der Waals surface area contributed by atoms with E-state index in [2.05, 4.69) is 52.2 Å². The van der Waals surface area contributed by atoms with Crippen LogP contribution in [-0.2, 0) is 31.2 Å². The van der Waals surface area contributed by atoms with E-state index < -0.39 is 0 Å². The second-order valence-electron chi connectivity index (χ2n) is 10.6. The van der Waals surface area contributed by atoms with E-state index in [0.717, 1.165) is 72.6 Å². The second-order valence-corrected chi connectivity index (χ2v) is 11.4. The Kier molecular flexibility index (Phi) is 8.96. The summed E-state index contributed by atoms with van der Waals surface area (Å²) in [6.07, 6.45) is 3.63. The highest BCUT2D eigenvalue weighted by Gasteiger charge is 2.23. The lowest BCUT2D eigenvalue weighted by molar-refractivity contribution is -0.119. The zero-order valence-electron chi connectivity index (χ0n) is 23.0.